The van der Waals surface area contributed by atoms with Crippen LogP contribution in [0.25, 0.3) is 0 Å². The Morgan fingerprint density at radius 3 is 0.833 bits per heavy atom. The van der Waals surface area contributed by atoms with E-state index in [1.807, 2.05) is 0 Å². The Morgan fingerprint density at radius 1 is 0.500 bits per heavy atom. The van der Waals surface area contributed by atoms with E-state index in [0.717, 1.165) is 0 Å². The zero-order chi connectivity index (χ0) is 6.55. The van der Waals surface area contributed by atoms with Gasteiger partial charge in [-0.2, -0.15) is 0 Å². The minimum atomic E-state index is 0. The average molecular weight is 367 g/mol. The van der Waals surface area contributed by atoms with E-state index < -0.39 is 0 Å². The van der Waals surface area contributed by atoms with Gasteiger partial charge in [0.05, 0.1) is 40.0 Å². The van der Waals surface area contributed by atoms with Crippen molar-refractivity contribution in [2.75, 3.05) is 40.0 Å². The molecule has 0 N–H and O–H groups in total. The van der Waals surface area contributed by atoms with Crippen molar-refractivity contribution in [3.8, 4) is 0 Å². The van der Waals surface area contributed by atoms with Crippen LogP contribution < -0.4 is 0 Å². The predicted molar refractivity (Wildman–Crippen MR) is 43.8 cm³/mol. The van der Waals surface area contributed by atoms with Gasteiger partial charge in [-0.15, -0.1) is 12.4 Å². The summed E-state index contributed by atoms with van der Waals surface area (Å²) < 4.78 is 0. The van der Waals surface area contributed by atoms with Crippen molar-refractivity contribution in [1.82, 2.24) is 19.6 Å². The quantitative estimate of drug-likeness (QED) is 0.567. The molecule has 4 aliphatic rings. The SMILES string of the molecule is C1N2CN3CN1CN(C2)C3.Cl.[Os]. The van der Waals surface area contributed by atoms with Crippen molar-refractivity contribution in [2.45, 2.75) is 0 Å². The zero-order valence-corrected chi connectivity index (χ0v) is 10.2. The Hall–Kier alpha value is 0.766. The Bertz CT molecular complexity index is 111. The Kier molecular flexibility index (Phi) is 3.50. The molecule has 4 fully saturated rings. The van der Waals surface area contributed by atoms with Crippen molar-refractivity contribution >= 4 is 12.4 Å². The molecule has 6 heteroatoms. The molecule has 0 spiro atoms. The predicted octanol–water partition coefficient (Wildman–Crippen LogP) is -0.601. The molecule has 12 heavy (non-hydrogen) atoms. The van der Waals surface area contributed by atoms with Crippen LogP contribution in [0.5, 0.6) is 0 Å². The van der Waals surface area contributed by atoms with Crippen LogP contribution in [0, 0.1) is 0 Å². The molecule has 4 rings (SSSR count). The topological polar surface area (TPSA) is 13.0 Å². The molecule has 4 aliphatic heterocycles. The van der Waals surface area contributed by atoms with Gasteiger partial charge >= 0.3 is 0 Å². The molecule has 0 unspecified atom stereocenters. The van der Waals surface area contributed by atoms with Crippen molar-refractivity contribution in [3.63, 3.8) is 0 Å². The summed E-state index contributed by atoms with van der Waals surface area (Å²) in [6.45, 7) is 7.12. The third kappa shape index (κ3) is 1.67. The fourth-order valence-electron chi connectivity index (χ4n) is 2.23. The van der Waals surface area contributed by atoms with Crippen molar-refractivity contribution in [1.29, 1.82) is 0 Å². The van der Waals surface area contributed by atoms with Crippen LogP contribution in [0.2, 0.25) is 0 Å². The number of hydrogen-bond donors (Lipinski definition) is 0. The molecule has 72 valence electrons. The Morgan fingerprint density at radius 2 is 0.667 bits per heavy atom. The van der Waals surface area contributed by atoms with Gasteiger partial charge < -0.3 is 0 Å². The van der Waals surface area contributed by atoms with Crippen molar-refractivity contribution in [3.05, 3.63) is 0 Å². The van der Waals surface area contributed by atoms with Crippen LogP contribution in [0.3, 0.4) is 0 Å². The minimum Gasteiger partial charge on any atom is -0.264 e. The number of hydrogen-bond acceptors (Lipinski definition) is 4. The molecule has 0 aliphatic carbocycles. The first-order valence-electron chi connectivity index (χ1n) is 3.79. The first kappa shape index (κ1) is 10.8. The maximum atomic E-state index is 2.47. The smallest absolute Gasteiger partial charge is 0.0555 e. The third-order valence-electron chi connectivity index (χ3n) is 2.40. The van der Waals surface area contributed by atoms with Gasteiger partial charge in [-0.3, -0.25) is 19.6 Å². The summed E-state index contributed by atoms with van der Waals surface area (Å²) in [5, 5.41) is 0. The van der Waals surface area contributed by atoms with Gasteiger partial charge in [0.2, 0.25) is 0 Å². The van der Waals surface area contributed by atoms with E-state index in [0.29, 0.717) is 0 Å². The van der Waals surface area contributed by atoms with E-state index in [1.165, 1.54) is 40.0 Å². The summed E-state index contributed by atoms with van der Waals surface area (Å²) in [7, 11) is 0. The fourth-order valence-corrected chi connectivity index (χ4v) is 2.23. The normalized spacial score (nSPS) is 48.0. The van der Waals surface area contributed by atoms with E-state index in [4.69, 9.17) is 0 Å². The second-order valence-corrected chi connectivity index (χ2v) is 3.53. The van der Waals surface area contributed by atoms with Gasteiger partial charge in [-0.25, -0.2) is 0 Å². The van der Waals surface area contributed by atoms with E-state index in [1.54, 1.807) is 0 Å². The third-order valence-corrected chi connectivity index (χ3v) is 2.40. The Labute approximate surface area is 91.9 Å². The van der Waals surface area contributed by atoms with Gasteiger partial charge in [-0.05, 0) is 0 Å². The zero-order valence-electron chi connectivity index (χ0n) is 6.79. The molecule has 0 saturated carbocycles. The number of nitrogens with zero attached hydrogens (tertiary/aromatic N) is 4. The number of halogens is 1. The average Bonchev–Trinajstić information content (AvgIpc) is 1.82. The van der Waals surface area contributed by atoms with Crippen LogP contribution in [0.4, 0.5) is 0 Å². The fraction of sp³-hybridized carbons (Fsp3) is 1.00. The largest absolute Gasteiger partial charge is 0.264 e. The summed E-state index contributed by atoms with van der Waals surface area (Å²) >= 11 is 0. The van der Waals surface area contributed by atoms with Crippen molar-refractivity contribution < 1.29 is 19.8 Å². The van der Waals surface area contributed by atoms with Crippen LogP contribution in [-0.4, -0.2) is 59.6 Å². The van der Waals surface area contributed by atoms with Gasteiger partial charge in [-0.1, -0.05) is 0 Å². The van der Waals surface area contributed by atoms with Crippen LogP contribution in [-0.2, 0) is 19.8 Å². The molecule has 4 nitrogen and oxygen atoms in total. The molecule has 4 bridgehead atoms. The molecule has 4 saturated heterocycles. The van der Waals surface area contributed by atoms with Crippen LogP contribution in [0.1, 0.15) is 0 Å². The molecule has 0 aromatic carbocycles. The molecule has 0 radical (unpaired) electrons. The van der Waals surface area contributed by atoms with E-state index in [9.17, 15) is 0 Å². The van der Waals surface area contributed by atoms with E-state index in [2.05, 4.69) is 19.6 Å². The van der Waals surface area contributed by atoms with Crippen molar-refractivity contribution in [2.24, 2.45) is 0 Å². The molecule has 0 aromatic rings. The van der Waals surface area contributed by atoms with Gasteiger partial charge in [0.25, 0.3) is 0 Å². The molecule has 4 heterocycles. The summed E-state index contributed by atoms with van der Waals surface area (Å²) in [6, 6.07) is 0. The molecular formula is C6H13ClN4Os. The second kappa shape index (κ2) is 3.87. The summed E-state index contributed by atoms with van der Waals surface area (Å²) in [4.78, 5) is 9.88. The minimum absolute atomic E-state index is 0. The monoisotopic (exact) mass is 368 g/mol. The maximum Gasteiger partial charge on any atom is 0.0555 e. The molecule has 0 amide bonds. The van der Waals surface area contributed by atoms with E-state index >= 15 is 0 Å². The maximum absolute atomic E-state index is 2.47. The first-order valence-corrected chi connectivity index (χ1v) is 3.79. The summed E-state index contributed by atoms with van der Waals surface area (Å²) in [6.07, 6.45) is 0. The molecule has 0 atom stereocenters. The van der Waals surface area contributed by atoms with Gasteiger partial charge in [0, 0.05) is 19.8 Å². The van der Waals surface area contributed by atoms with Crippen LogP contribution >= 0.6 is 12.4 Å². The summed E-state index contributed by atoms with van der Waals surface area (Å²) in [5.74, 6) is 0. The molecule has 0 aromatic heterocycles. The standard InChI is InChI=1S/C6H12N4.ClH.Os/c1-7-2-9-4-8(1)5-10(3-7)6-9;;/h1-6H2;1H;. The van der Waals surface area contributed by atoms with Gasteiger partial charge in [0.1, 0.15) is 0 Å². The second-order valence-electron chi connectivity index (χ2n) is 3.53. The van der Waals surface area contributed by atoms with E-state index in [-0.39, 0.29) is 32.2 Å². The van der Waals surface area contributed by atoms with Gasteiger partial charge in [0.15, 0.2) is 0 Å². The Balaban J connectivity index is 0.000000360. The molecular weight excluding hydrogens is 354 g/mol. The first-order chi connectivity index (χ1) is 4.90. The van der Waals surface area contributed by atoms with Crippen LogP contribution in [0.15, 0.2) is 0 Å². The number of rotatable bonds is 0. The summed E-state index contributed by atoms with van der Waals surface area (Å²) in [5.41, 5.74) is 0.